The Morgan fingerprint density at radius 3 is 2.76 bits per heavy atom. The molecule has 88 valence electrons. The van der Waals surface area contributed by atoms with Gasteiger partial charge in [-0.2, -0.15) is 5.10 Å². The van der Waals surface area contributed by atoms with Crippen LogP contribution in [-0.4, -0.2) is 22.7 Å². The number of ether oxygens (including phenoxy) is 1. The van der Waals surface area contributed by atoms with Crippen molar-refractivity contribution in [3.8, 4) is 11.4 Å². The molecule has 0 radical (unpaired) electrons. The molecular weight excluding hydrogens is 240 g/mol. The molecule has 2 aromatic rings. The van der Waals surface area contributed by atoms with Gasteiger partial charge in [0.1, 0.15) is 17.1 Å². The third-order valence-corrected chi connectivity index (χ3v) is 2.57. The number of rotatable bonds is 3. The lowest BCUT2D eigenvalue weighted by Gasteiger charge is -2.08. The Labute approximate surface area is 104 Å². The lowest BCUT2D eigenvalue weighted by Crippen LogP contribution is -2.01. The summed E-state index contributed by atoms with van der Waals surface area (Å²) in [5.74, 6) is 0.567. The summed E-state index contributed by atoms with van der Waals surface area (Å²) in [5, 5.41) is 4.74. The van der Waals surface area contributed by atoms with E-state index in [-0.39, 0.29) is 5.78 Å². The zero-order valence-electron chi connectivity index (χ0n) is 9.48. The Morgan fingerprint density at radius 1 is 1.41 bits per heavy atom. The molecule has 0 amide bonds. The standard InChI is InChI=1S/C12H11ClN2O2/c1-8(16)10-5-6-15(14-10)11-7-9(13)3-4-12(11)17-2/h3-7H,1-2H3. The summed E-state index contributed by atoms with van der Waals surface area (Å²) in [6.45, 7) is 1.47. The summed E-state index contributed by atoms with van der Waals surface area (Å²) in [4.78, 5) is 11.2. The minimum absolute atomic E-state index is 0.0789. The lowest BCUT2D eigenvalue weighted by molar-refractivity contribution is 0.101. The van der Waals surface area contributed by atoms with Gasteiger partial charge in [0, 0.05) is 18.1 Å². The number of carbonyl (C=O) groups is 1. The molecule has 1 aromatic carbocycles. The third-order valence-electron chi connectivity index (χ3n) is 2.34. The van der Waals surface area contributed by atoms with Crippen molar-refractivity contribution in [3.05, 3.63) is 41.2 Å². The normalized spacial score (nSPS) is 10.3. The molecule has 1 aromatic heterocycles. The Bertz CT molecular complexity index is 563. The van der Waals surface area contributed by atoms with E-state index in [9.17, 15) is 4.79 Å². The number of benzene rings is 1. The molecular formula is C12H11ClN2O2. The van der Waals surface area contributed by atoms with Gasteiger partial charge in [0.15, 0.2) is 5.78 Å². The highest BCUT2D eigenvalue weighted by Crippen LogP contribution is 2.25. The van der Waals surface area contributed by atoms with Gasteiger partial charge < -0.3 is 4.74 Å². The molecule has 4 nitrogen and oxygen atoms in total. The summed E-state index contributed by atoms with van der Waals surface area (Å²) in [6, 6.07) is 6.88. The van der Waals surface area contributed by atoms with Gasteiger partial charge in [0.2, 0.25) is 0 Å². The van der Waals surface area contributed by atoms with Gasteiger partial charge in [-0.05, 0) is 24.3 Å². The van der Waals surface area contributed by atoms with E-state index < -0.39 is 0 Å². The van der Waals surface area contributed by atoms with Crippen LogP contribution in [0.15, 0.2) is 30.5 Å². The fourth-order valence-electron chi connectivity index (χ4n) is 1.49. The van der Waals surface area contributed by atoms with Crippen molar-refractivity contribution in [2.24, 2.45) is 0 Å². The minimum atomic E-state index is -0.0789. The van der Waals surface area contributed by atoms with Crippen LogP contribution in [0.1, 0.15) is 17.4 Å². The van der Waals surface area contributed by atoms with Crippen molar-refractivity contribution in [1.82, 2.24) is 9.78 Å². The molecule has 17 heavy (non-hydrogen) atoms. The van der Waals surface area contributed by atoms with E-state index >= 15 is 0 Å². The van der Waals surface area contributed by atoms with E-state index in [1.165, 1.54) is 6.92 Å². The van der Waals surface area contributed by atoms with Crippen LogP contribution in [0, 0.1) is 0 Å². The lowest BCUT2D eigenvalue weighted by atomic mass is 10.3. The first-order chi connectivity index (χ1) is 8.11. The van der Waals surface area contributed by atoms with Crippen LogP contribution in [0.5, 0.6) is 5.75 Å². The van der Waals surface area contributed by atoms with Gasteiger partial charge in [-0.1, -0.05) is 11.6 Å². The largest absolute Gasteiger partial charge is 0.494 e. The fraction of sp³-hybridized carbons (Fsp3) is 0.167. The van der Waals surface area contributed by atoms with Crippen molar-refractivity contribution in [1.29, 1.82) is 0 Å². The number of Topliss-reactive ketones (excluding diaryl/α,β-unsaturated/α-hetero) is 1. The van der Waals surface area contributed by atoms with Gasteiger partial charge in [-0.25, -0.2) is 4.68 Å². The number of aromatic nitrogens is 2. The molecule has 0 saturated carbocycles. The molecule has 0 saturated heterocycles. The minimum Gasteiger partial charge on any atom is -0.494 e. The second kappa shape index (κ2) is 4.59. The first-order valence-corrected chi connectivity index (χ1v) is 5.40. The summed E-state index contributed by atoms with van der Waals surface area (Å²) >= 11 is 5.93. The van der Waals surface area contributed by atoms with Crippen molar-refractivity contribution in [2.45, 2.75) is 6.92 Å². The van der Waals surface area contributed by atoms with E-state index in [4.69, 9.17) is 16.3 Å². The Balaban J connectivity index is 2.51. The van der Waals surface area contributed by atoms with E-state index in [2.05, 4.69) is 5.10 Å². The fourth-order valence-corrected chi connectivity index (χ4v) is 1.65. The Kier molecular flexibility index (Phi) is 3.15. The molecule has 0 aliphatic carbocycles. The average molecular weight is 251 g/mol. The smallest absolute Gasteiger partial charge is 0.179 e. The highest BCUT2D eigenvalue weighted by molar-refractivity contribution is 6.30. The van der Waals surface area contributed by atoms with Gasteiger partial charge in [-0.15, -0.1) is 0 Å². The van der Waals surface area contributed by atoms with E-state index in [1.54, 1.807) is 42.3 Å². The molecule has 5 heteroatoms. The quantitative estimate of drug-likeness (QED) is 0.787. The van der Waals surface area contributed by atoms with Crippen molar-refractivity contribution in [2.75, 3.05) is 7.11 Å². The molecule has 0 N–H and O–H groups in total. The molecule has 0 fully saturated rings. The number of methoxy groups -OCH3 is 1. The number of carbonyl (C=O) groups excluding carboxylic acids is 1. The second-order valence-corrected chi connectivity index (χ2v) is 3.95. The van der Waals surface area contributed by atoms with Crippen LogP contribution in [0.3, 0.4) is 0 Å². The Hall–Kier alpha value is -1.81. The maximum absolute atomic E-state index is 11.2. The number of halogens is 1. The first kappa shape index (κ1) is 11.7. The van der Waals surface area contributed by atoms with Crippen LogP contribution in [0.25, 0.3) is 5.69 Å². The second-order valence-electron chi connectivity index (χ2n) is 3.52. The van der Waals surface area contributed by atoms with Crippen molar-refractivity contribution >= 4 is 17.4 Å². The van der Waals surface area contributed by atoms with Crippen LogP contribution >= 0.6 is 11.6 Å². The number of hydrogen-bond donors (Lipinski definition) is 0. The number of nitrogens with zero attached hydrogens (tertiary/aromatic N) is 2. The van der Waals surface area contributed by atoms with E-state index in [0.29, 0.717) is 22.2 Å². The number of ketones is 1. The maximum atomic E-state index is 11.2. The molecule has 2 rings (SSSR count). The average Bonchev–Trinajstić information content (AvgIpc) is 2.78. The molecule has 0 atom stereocenters. The van der Waals surface area contributed by atoms with Crippen LogP contribution in [0.2, 0.25) is 5.02 Å². The van der Waals surface area contributed by atoms with E-state index in [0.717, 1.165) is 0 Å². The molecule has 0 aliphatic rings. The van der Waals surface area contributed by atoms with Crippen molar-refractivity contribution < 1.29 is 9.53 Å². The third kappa shape index (κ3) is 2.31. The van der Waals surface area contributed by atoms with E-state index in [1.807, 2.05) is 0 Å². The highest BCUT2D eigenvalue weighted by atomic mass is 35.5. The summed E-state index contributed by atoms with van der Waals surface area (Å²) in [6.07, 6.45) is 1.70. The van der Waals surface area contributed by atoms with Crippen LogP contribution in [-0.2, 0) is 0 Å². The van der Waals surface area contributed by atoms with Gasteiger partial charge in [-0.3, -0.25) is 4.79 Å². The molecule has 1 heterocycles. The zero-order valence-corrected chi connectivity index (χ0v) is 10.2. The summed E-state index contributed by atoms with van der Waals surface area (Å²) in [7, 11) is 1.57. The monoisotopic (exact) mass is 250 g/mol. The number of hydrogen-bond acceptors (Lipinski definition) is 3. The molecule has 0 spiro atoms. The summed E-state index contributed by atoms with van der Waals surface area (Å²) < 4.78 is 6.79. The van der Waals surface area contributed by atoms with Gasteiger partial charge in [0.25, 0.3) is 0 Å². The topological polar surface area (TPSA) is 44.1 Å². The first-order valence-electron chi connectivity index (χ1n) is 5.02. The van der Waals surface area contributed by atoms with Gasteiger partial charge >= 0.3 is 0 Å². The predicted molar refractivity (Wildman–Crippen MR) is 65.1 cm³/mol. The summed E-state index contributed by atoms with van der Waals surface area (Å²) in [5.41, 5.74) is 1.11. The highest BCUT2D eigenvalue weighted by Gasteiger charge is 2.09. The van der Waals surface area contributed by atoms with Crippen LogP contribution in [0.4, 0.5) is 0 Å². The Morgan fingerprint density at radius 2 is 2.18 bits per heavy atom. The molecule has 0 unspecified atom stereocenters. The predicted octanol–water partition coefficient (Wildman–Crippen LogP) is 2.74. The SMILES string of the molecule is COc1ccc(Cl)cc1-n1ccc(C(C)=O)n1. The molecule has 0 aliphatic heterocycles. The van der Waals surface area contributed by atoms with Crippen molar-refractivity contribution in [3.63, 3.8) is 0 Å². The molecule has 0 bridgehead atoms. The maximum Gasteiger partial charge on any atom is 0.179 e. The van der Waals surface area contributed by atoms with Crippen LogP contribution < -0.4 is 4.74 Å². The zero-order chi connectivity index (χ0) is 12.4. The van der Waals surface area contributed by atoms with Gasteiger partial charge in [0.05, 0.1) is 7.11 Å².